The molecule has 1 N–H and O–H groups in total. The number of ether oxygens (including phenoxy) is 1. The van der Waals surface area contributed by atoms with Gasteiger partial charge in [-0.3, -0.25) is 0 Å². The van der Waals surface area contributed by atoms with Crippen LogP contribution in [0.15, 0.2) is 23.6 Å². The first-order valence-electron chi connectivity index (χ1n) is 5.51. The lowest BCUT2D eigenvalue weighted by Crippen LogP contribution is -2.19. The smallest absolute Gasteiger partial charge is 0.134 e. The first kappa shape index (κ1) is 13.9. The van der Waals surface area contributed by atoms with Gasteiger partial charge in [-0.05, 0) is 13.1 Å². The van der Waals surface area contributed by atoms with Crippen LogP contribution in [0.25, 0.3) is 0 Å². The van der Waals surface area contributed by atoms with E-state index in [1.165, 1.54) is 18.4 Å². The van der Waals surface area contributed by atoms with Crippen molar-refractivity contribution in [3.8, 4) is 5.75 Å². The molecule has 0 aliphatic rings. The first-order chi connectivity index (χ1) is 9.06. The average Bonchev–Trinajstić information content (AvgIpc) is 2.81. The fourth-order valence-corrected chi connectivity index (χ4v) is 2.82. The van der Waals surface area contributed by atoms with E-state index < -0.39 is 23.5 Å². The lowest BCUT2D eigenvalue weighted by atomic mass is 10.0. The van der Waals surface area contributed by atoms with Gasteiger partial charge in [-0.2, -0.15) is 0 Å². The number of thiophene rings is 1. The zero-order valence-electron chi connectivity index (χ0n) is 10.3. The van der Waals surface area contributed by atoms with Crippen molar-refractivity contribution < 1.29 is 17.9 Å². The van der Waals surface area contributed by atoms with E-state index in [1.807, 2.05) is 0 Å². The Morgan fingerprint density at radius 1 is 1.16 bits per heavy atom. The predicted octanol–water partition coefficient (Wildman–Crippen LogP) is 3.48. The second-order valence-corrected chi connectivity index (χ2v) is 4.84. The van der Waals surface area contributed by atoms with Crippen LogP contribution in [0.1, 0.15) is 16.5 Å². The minimum Gasteiger partial charge on any atom is -0.496 e. The topological polar surface area (TPSA) is 21.3 Å². The van der Waals surface area contributed by atoms with E-state index in [0.29, 0.717) is 22.8 Å². The third kappa shape index (κ3) is 2.74. The summed E-state index contributed by atoms with van der Waals surface area (Å²) in [6.07, 6.45) is 0. The van der Waals surface area contributed by atoms with Crippen molar-refractivity contribution in [2.24, 2.45) is 0 Å². The molecule has 1 aromatic carbocycles. The molecule has 6 heteroatoms. The molecule has 0 saturated carbocycles. The monoisotopic (exact) mass is 287 g/mol. The summed E-state index contributed by atoms with van der Waals surface area (Å²) in [5, 5.41) is 4.56. The molecule has 0 aliphatic carbocycles. The lowest BCUT2D eigenvalue weighted by molar-refractivity contribution is 0.416. The summed E-state index contributed by atoms with van der Waals surface area (Å²) in [5.41, 5.74) is -0.201. The molecule has 2 nitrogen and oxygen atoms in total. The molecule has 2 aromatic rings. The Labute approximate surface area is 112 Å². The molecular formula is C13H12F3NOS. The Morgan fingerprint density at radius 2 is 1.79 bits per heavy atom. The van der Waals surface area contributed by atoms with Crippen LogP contribution in [-0.2, 0) is 0 Å². The molecule has 0 amide bonds. The van der Waals surface area contributed by atoms with Crippen LogP contribution < -0.4 is 10.1 Å². The number of nitrogens with one attached hydrogen (secondary N) is 1. The van der Waals surface area contributed by atoms with Crippen LogP contribution in [0.5, 0.6) is 5.75 Å². The number of rotatable bonds is 4. The highest BCUT2D eigenvalue weighted by molar-refractivity contribution is 7.10. The third-order valence-corrected chi connectivity index (χ3v) is 3.71. The van der Waals surface area contributed by atoms with E-state index in [4.69, 9.17) is 4.74 Å². The van der Waals surface area contributed by atoms with Gasteiger partial charge in [-0.1, -0.05) is 0 Å². The maximum absolute atomic E-state index is 13.8. The van der Waals surface area contributed by atoms with Crippen LogP contribution in [0.4, 0.5) is 13.2 Å². The lowest BCUT2D eigenvalue weighted by Gasteiger charge is -2.16. The molecule has 1 atom stereocenters. The minimum atomic E-state index is -0.933. The molecular weight excluding hydrogens is 275 g/mol. The summed E-state index contributed by atoms with van der Waals surface area (Å²) in [6, 6.07) is 2.35. The Morgan fingerprint density at radius 3 is 2.26 bits per heavy atom. The molecule has 0 radical (unpaired) electrons. The van der Waals surface area contributed by atoms with Gasteiger partial charge in [0.1, 0.15) is 23.2 Å². The summed E-state index contributed by atoms with van der Waals surface area (Å²) >= 11 is 1.31. The van der Waals surface area contributed by atoms with Crippen molar-refractivity contribution in [1.82, 2.24) is 5.32 Å². The molecule has 0 spiro atoms. The molecule has 1 heterocycles. The Kier molecular flexibility index (Phi) is 4.11. The Bertz CT molecular complexity index is 562. The van der Waals surface area contributed by atoms with Gasteiger partial charge in [0.2, 0.25) is 0 Å². The highest BCUT2D eigenvalue weighted by atomic mass is 32.1. The van der Waals surface area contributed by atoms with E-state index in [2.05, 4.69) is 5.32 Å². The minimum absolute atomic E-state index is 0.201. The van der Waals surface area contributed by atoms with E-state index in [9.17, 15) is 13.2 Å². The van der Waals surface area contributed by atoms with Gasteiger partial charge in [-0.15, -0.1) is 11.3 Å². The van der Waals surface area contributed by atoms with Gasteiger partial charge in [0.25, 0.3) is 0 Å². The largest absolute Gasteiger partial charge is 0.496 e. The molecule has 1 aromatic heterocycles. The summed E-state index contributed by atoms with van der Waals surface area (Å²) in [6.45, 7) is 0. The molecule has 0 aliphatic heterocycles. The predicted molar refractivity (Wildman–Crippen MR) is 68.1 cm³/mol. The highest BCUT2D eigenvalue weighted by Gasteiger charge is 2.23. The second-order valence-electron chi connectivity index (χ2n) is 3.89. The average molecular weight is 287 g/mol. The molecule has 102 valence electrons. The quantitative estimate of drug-likeness (QED) is 0.929. The van der Waals surface area contributed by atoms with Crippen molar-refractivity contribution in [2.75, 3.05) is 14.2 Å². The van der Waals surface area contributed by atoms with E-state index in [-0.39, 0.29) is 5.56 Å². The van der Waals surface area contributed by atoms with Gasteiger partial charge in [0.05, 0.1) is 13.2 Å². The van der Waals surface area contributed by atoms with Crippen LogP contribution in [0, 0.1) is 17.5 Å². The Balaban J connectivity index is 2.47. The highest BCUT2D eigenvalue weighted by Crippen LogP contribution is 2.33. The molecule has 1 unspecified atom stereocenters. The third-order valence-electron chi connectivity index (χ3n) is 2.74. The molecule has 2 rings (SSSR count). The summed E-state index contributed by atoms with van der Waals surface area (Å²) in [4.78, 5) is 0.684. The van der Waals surface area contributed by atoms with E-state index in [0.717, 1.165) is 0 Å². The van der Waals surface area contributed by atoms with Crippen LogP contribution >= 0.6 is 11.3 Å². The van der Waals surface area contributed by atoms with Crippen molar-refractivity contribution in [3.05, 3.63) is 51.5 Å². The fraction of sp³-hybridized carbons (Fsp3) is 0.231. The molecule has 0 fully saturated rings. The SMILES string of the molecule is CNC(c1cc(OC)cs1)c1c(F)cc(F)cc1F. The van der Waals surface area contributed by atoms with Gasteiger partial charge in [0.15, 0.2) is 0 Å². The number of halogens is 3. The number of benzene rings is 1. The standard InChI is InChI=1S/C13H12F3NOS/c1-17-13(11-5-8(18-2)6-19-11)12-9(15)3-7(14)4-10(12)16/h3-6,13,17H,1-2H3. The fourth-order valence-electron chi connectivity index (χ4n) is 1.85. The molecule has 0 saturated heterocycles. The van der Waals surface area contributed by atoms with Gasteiger partial charge in [-0.25, -0.2) is 13.2 Å². The number of hydrogen-bond acceptors (Lipinski definition) is 3. The summed E-state index contributed by atoms with van der Waals surface area (Å²) in [5.74, 6) is -2.14. The summed E-state index contributed by atoms with van der Waals surface area (Å²) < 4.78 is 45.5. The maximum atomic E-state index is 13.8. The van der Waals surface area contributed by atoms with E-state index in [1.54, 1.807) is 18.5 Å². The molecule has 0 bridgehead atoms. The van der Waals surface area contributed by atoms with Crippen molar-refractivity contribution in [2.45, 2.75) is 6.04 Å². The number of methoxy groups -OCH3 is 1. The van der Waals surface area contributed by atoms with Gasteiger partial charge < -0.3 is 10.1 Å². The first-order valence-corrected chi connectivity index (χ1v) is 6.39. The molecule has 19 heavy (non-hydrogen) atoms. The van der Waals surface area contributed by atoms with Crippen LogP contribution in [0.3, 0.4) is 0 Å². The normalized spacial score (nSPS) is 12.5. The van der Waals surface area contributed by atoms with Gasteiger partial charge >= 0.3 is 0 Å². The summed E-state index contributed by atoms with van der Waals surface area (Å²) in [7, 11) is 3.10. The zero-order chi connectivity index (χ0) is 14.0. The number of hydrogen-bond donors (Lipinski definition) is 1. The van der Waals surface area contributed by atoms with Crippen molar-refractivity contribution in [1.29, 1.82) is 0 Å². The van der Waals surface area contributed by atoms with E-state index >= 15 is 0 Å². The van der Waals surface area contributed by atoms with Gasteiger partial charge in [0, 0.05) is 28.0 Å². The Hall–Kier alpha value is -1.53. The maximum Gasteiger partial charge on any atom is 0.134 e. The second kappa shape index (κ2) is 5.63. The van der Waals surface area contributed by atoms with Crippen LogP contribution in [0.2, 0.25) is 0 Å². The van der Waals surface area contributed by atoms with Crippen molar-refractivity contribution >= 4 is 11.3 Å². The zero-order valence-corrected chi connectivity index (χ0v) is 11.2. The van der Waals surface area contributed by atoms with Crippen molar-refractivity contribution in [3.63, 3.8) is 0 Å². The van der Waals surface area contributed by atoms with Crippen LogP contribution in [-0.4, -0.2) is 14.2 Å².